The average Bonchev–Trinajstić information content (AvgIpc) is 3.80. The van der Waals surface area contributed by atoms with Crippen LogP contribution in [-0.2, 0) is 37.5 Å². The number of ether oxygens (including phenoxy) is 2. The van der Waals surface area contributed by atoms with Gasteiger partial charge in [-0.1, -0.05) is 160 Å². The van der Waals surface area contributed by atoms with Gasteiger partial charge in [-0.25, -0.2) is 0 Å². The molecule has 0 amide bonds. The zero-order chi connectivity index (χ0) is 54.4. The topological polar surface area (TPSA) is 105 Å². The van der Waals surface area contributed by atoms with E-state index in [2.05, 4.69) is 167 Å². The molecule has 0 radical (unpaired) electrons. The van der Waals surface area contributed by atoms with Crippen molar-refractivity contribution < 1.29 is 56.4 Å². The molecule has 73 heavy (non-hydrogen) atoms. The molecule has 0 unspecified atom stereocenters. The van der Waals surface area contributed by atoms with Gasteiger partial charge in [-0.05, 0) is 92.7 Å². The summed E-state index contributed by atoms with van der Waals surface area (Å²) in [5.41, 5.74) is 0. The second kappa shape index (κ2) is 46.8. The van der Waals surface area contributed by atoms with Crippen molar-refractivity contribution >= 4 is 40.1 Å². The summed E-state index contributed by atoms with van der Waals surface area (Å²) in [7, 11) is -0.662. The fourth-order valence-corrected chi connectivity index (χ4v) is 9.30. The molecule has 2 aliphatic rings. The zero-order valence-corrected chi connectivity index (χ0v) is 51.6. The molecule has 0 saturated heterocycles. The Bertz CT molecular complexity index is 1650. The van der Waals surface area contributed by atoms with Crippen molar-refractivity contribution in [2.45, 2.75) is 269 Å². The van der Waals surface area contributed by atoms with Crippen LogP contribution in [0.4, 0.5) is 0 Å². The van der Waals surface area contributed by atoms with Crippen LogP contribution >= 0.6 is 0 Å². The van der Waals surface area contributed by atoms with Gasteiger partial charge in [-0.2, -0.15) is 6.42 Å². The first-order valence-electron chi connectivity index (χ1n) is 26.9. The average molecular weight is 1050 g/mol. The summed E-state index contributed by atoms with van der Waals surface area (Å²) >= 11 is 0. The summed E-state index contributed by atoms with van der Waals surface area (Å²) in [5.74, 6) is 13.5. The Morgan fingerprint density at radius 2 is 1.21 bits per heavy atom. The molecule has 1 fully saturated rings. The third kappa shape index (κ3) is 41.4. The van der Waals surface area contributed by atoms with Crippen molar-refractivity contribution in [1.82, 2.24) is 0 Å². The number of carbonyl (C=O) groups is 4. The van der Waals surface area contributed by atoms with Crippen LogP contribution < -0.4 is 18.9 Å². The van der Waals surface area contributed by atoms with Crippen LogP contribution in [0, 0.1) is 54.3 Å². The van der Waals surface area contributed by atoms with Gasteiger partial charge in [0.05, 0.1) is 26.4 Å². The summed E-state index contributed by atoms with van der Waals surface area (Å²) in [6, 6.07) is 0. The fourth-order valence-electron chi connectivity index (χ4n) is 6.69. The van der Waals surface area contributed by atoms with Gasteiger partial charge in [0.15, 0.2) is 22.4 Å². The number of allylic oxidation sites excluding steroid dienone is 4. The molecule has 0 aliphatic heterocycles. The number of unbranched alkanes of at least 4 members (excludes halogenated alkanes) is 5. The van der Waals surface area contributed by atoms with Gasteiger partial charge in [-0.3, -0.25) is 19.2 Å². The van der Waals surface area contributed by atoms with Crippen LogP contribution in [0.1, 0.15) is 220 Å². The van der Waals surface area contributed by atoms with Crippen molar-refractivity contribution in [2.24, 2.45) is 23.7 Å². The number of hydrogen-bond donors (Lipinski definition) is 0. The number of carbonyl (C=O) groups excluding carboxylic acids is 4. The molecule has 0 N–H and O–H groups in total. The van der Waals surface area contributed by atoms with E-state index < -0.39 is 16.6 Å². The molecule has 0 aromatic rings. The number of hydrogen-bond acceptors (Lipinski definition) is 8. The molecule has 2 aliphatic carbocycles. The first-order chi connectivity index (χ1) is 32.7. The molecule has 2 rings (SSSR count). The number of rotatable bonds is 21. The van der Waals surface area contributed by atoms with Gasteiger partial charge in [0.2, 0.25) is 0 Å². The molecule has 11 heteroatoms. The van der Waals surface area contributed by atoms with Crippen LogP contribution in [0.25, 0.3) is 0 Å². The molecule has 0 heterocycles. The van der Waals surface area contributed by atoms with Crippen molar-refractivity contribution in [3.05, 3.63) is 43.4 Å². The SMILES string of the molecule is C.C.C/C=C/[C@H](CCCCC)O[Si](C)(C)C(C)(C)C.CCC#CCCCC(=O)OC.CCC[C@@H](/C=C/[C@H]1[C@H](C)CC(=O)[C@@H]1CC#CCCCC(=O)OC)O[Si](C)(C)C(C)(C)C.C[C@H]1C=CC(=O)C1.[CH2-]CCC.[Li+]. The Hall–Kier alpha value is -2.43. The molecule has 1 saturated carbocycles. The molecule has 8 nitrogen and oxygen atoms in total. The maximum atomic E-state index is 12.6. The number of esters is 2. The first kappa shape index (κ1) is 81.9. The molecule has 0 spiro atoms. The standard InChI is InChI=1S/C26H44O4Si.C15H32OSi.C9H14O2.C6H8O.C4H9.2CH4.Li/c1-9-14-21(30-31(7,8)26(3,4)5)17-18-22-20(2)19-24(27)23(22)15-12-10-11-13-16-25(28)29-6;1-8-10-11-13-14(12-9-2)16-17(6,7)15(3,4)5;1-3-4-5-6-7-8-9(10)11-2;1-5-2-3-6(7)4-5;1-3-4-2;;;/h17-18,20-23H,9,11,13-16,19H2,1-8H3;9,12,14H,8,10-11,13H2,1-7H3;3,6-8H2,1-2H3;2-3,5H,4H2,1H3;1,3-4H2,2H3;2*1H4;/q;;;;-1;;;+1/b18-17+;12-9+;;;;;;/t20-,21+,22+,23-;14-;;5-;;;;/m11.0..../s1. The van der Waals surface area contributed by atoms with Crippen LogP contribution in [-0.4, -0.2) is 66.6 Å². The van der Waals surface area contributed by atoms with Gasteiger partial charge in [0, 0.05) is 57.3 Å². The molecular formula is C62H115LiO8Si2. The largest absolute Gasteiger partial charge is 1.00 e. The minimum absolute atomic E-state index is 0. The minimum atomic E-state index is -1.85. The van der Waals surface area contributed by atoms with Gasteiger partial charge >= 0.3 is 30.8 Å². The Morgan fingerprint density at radius 3 is 1.56 bits per heavy atom. The molecule has 0 bridgehead atoms. The number of ketones is 2. The monoisotopic (exact) mass is 1050 g/mol. The first-order valence-corrected chi connectivity index (χ1v) is 32.7. The zero-order valence-electron chi connectivity index (χ0n) is 49.6. The Morgan fingerprint density at radius 1 is 0.726 bits per heavy atom. The van der Waals surface area contributed by atoms with E-state index in [1.165, 1.54) is 46.3 Å². The van der Waals surface area contributed by atoms with Crippen LogP contribution in [0.15, 0.2) is 36.5 Å². The Balaban J connectivity index is -0.000000224. The third-order valence-corrected chi connectivity index (χ3v) is 22.2. The van der Waals surface area contributed by atoms with Crippen molar-refractivity contribution in [1.29, 1.82) is 0 Å². The van der Waals surface area contributed by atoms with Crippen LogP contribution in [0.2, 0.25) is 36.3 Å². The van der Waals surface area contributed by atoms with Gasteiger partial charge in [-0.15, -0.1) is 23.7 Å². The Labute approximate surface area is 467 Å². The summed E-state index contributed by atoms with van der Waals surface area (Å²) in [6.45, 7) is 41.4. The molecule has 0 aromatic heterocycles. The van der Waals surface area contributed by atoms with Gasteiger partial charge < -0.3 is 25.2 Å². The van der Waals surface area contributed by atoms with Gasteiger partial charge in [0.1, 0.15) is 5.78 Å². The van der Waals surface area contributed by atoms with E-state index in [1.54, 1.807) is 6.08 Å². The predicted molar refractivity (Wildman–Crippen MR) is 317 cm³/mol. The van der Waals surface area contributed by atoms with Crippen LogP contribution in [0.5, 0.6) is 0 Å². The maximum Gasteiger partial charge on any atom is 1.00 e. The molecular weight excluding hydrogens is 936 g/mol. The fraction of sp³-hybridized carbons (Fsp3) is 0.758. The van der Waals surface area contributed by atoms with Gasteiger partial charge in [0.25, 0.3) is 0 Å². The van der Waals surface area contributed by atoms with E-state index in [0.29, 0.717) is 67.3 Å². The molecule has 6 atom stereocenters. The third-order valence-electron chi connectivity index (χ3n) is 13.2. The second-order valence-electron chi connectivity index (χ2n) is 21.8. The quantitative estimate of drug-likeness (QED) is 0.0280. The summed E-state index contributed by atoms with van der Waals surface area (Å²) in [4.78, 5) is 44.7. The molecule has 0 aromatic carbocycles. The predicted octanol–water partition coefficient (Wildman–Crippen LogP) is 14.6. The van der Waals surface area contributed by atoms with Crippen molar-refractivity contribution in [3.8, 4) is 23.7 Å². The summed E-state index contributed by atoms with van der Waals surface area (Å²) < 4.78 is 22.2. The smallest absolute Gasteiger partial charge is 0.469 e. The molecule has 420 valence electrons. The second-order valence-corrected chi connectivity index (χ2v) is 31.4. The Kier molecular flexibility index (Phi) is 52.6. The number of methoxy groups -OCH3 is 2. The normalized spacial score (nSPS) is 17.8. The van der Waals surface area contributed by atoms with E-state index in [1.807, 2.05) is 19.9 Å². The van der Waals surface area contributed by atoms with E-state index in [4.69, 9.17) is 8.85 Å². The minimum Gasteiger partial charge on any atom is -0.469 e. The summed E-state index contributed by atoms with van der Waals surface area (Å²) in [6.07, 6.45) is 28.9. The van der Waals surface area contributed by atoms with E-state index in [-0.39, 0.29) is 74.4 Å². The maximum absolute atomic E-state index is 12.6. The van der Waals surface area contributed by atoms with E-state index in [0.717, 1.165) is 44.9 Å². The van der Waals surface area contributed by atoms with Crippen molar-refractivity contribution in [2.75, 3.05) is 14.2 Å². The van der Waals surface area contributed by atoms with Crippen LogP contribution in [0.3, 0.4) is 0 Å². The van der Waals surface area contributed by atoms with E-state index >= 15 is 0 Å². The number of Topliss-reactive ketones (excluding diaryl/α,β-unsaturated/α-hetero) is 1. The summed E-state index contributed by atoms with van der Waals surface area (Å²) in [5, 5.41) is 0.479. The van der Waals surface area contributed by atoms with Crippen molar-refractivity contribution in [3.63, 3.8) is 0 Å². The van der Waals surface area contributed by atoms with E-state index in [9.17, 15) is 19.2 Å².